The predicted molar refractivity (Wildman–Crippen MR) is 125 cm³/mol. The van der Waals surface area contributed by atoms with Gasteiger partial charge in [-0.15, -0.1) is 0 Å². The molecule has 2 aliphatic rings. The standard InChI is InChI=1S/C22H27N5O5S/c1-25(2)33(30,31)17-5-7-20(27-8-10-32-11-9-27)18(13-17)21(28)23-16-4-6-19-15(12-16)14-26(3)22(29)24-19/h4-7,12-13H,8-11,14H2,1-3H3,(H,23,28)(H,24,29). The number of fused-ring (bicyclic) bond motifs is 1. The molecule has 176 valence electrons. The topological polar surface area (TPSA) is 111 Å². The summed E-state index contributed by atoms with van der Waals surface area (Å²) in [5, 5.41) is 5.68. The van der Waals surface area contributed by atoms with E-state index in [4.69, 9.17) is 4.74 Å². The zero-order valence-electron chi connectivity index (χ0n) is 18.8. The number of sulfonamides is 1. The first-order chi connectivity index (χ1) is 15.7. The third-order valence-electron chi connectivity index (χ3n) is 5.70. The average Bonchev–Trinajstić information content (AvgIpc) is 2.80. The predicted octanol–water partition coefficient (Wildman–Crippen LogP) is 2.00. The fourth-order valence-electron chi connectivity index (χ4n) is 3.81. The number of carbonyl (C=O) groups excluding carboxylic acids is 2. The van der Waals surface area contributed by atoms with Crippen LogP contribution < -0.4 is 15.5 Å². The highest BCUT2D eigenvalue weighted by Gasteiger charge is 2.25. The fraction of sp³-hybridized carbons (Fsp3) is 0.364. The summed E-state index contributed by atoms with van der Waals surface area (Å²) in [6.07, 6.45) is 0. The van der Waals surface area contributed by atoms with E-state index in [0.29, 0.717) is 49.9 Å². The molecule has 2 aromatic rings. The van der Waals surface area contributed by atoms with Gasteiger partial charge < -0.3 is 25.2 Å². The molecule has 3 amide bonds. The molecule has 4 rings (SSSR count). The maximum Gasteiger partial charge on any atom is 0.321 e. The molecule has 2 aromatic carbocycles. The molecule has 10 nitrogen and oxygen atoms in total. The van der Waals surface area contributed by atoms with Gasteiger partial charge in [0.1, 0.15) is 0 Å². The smallest absolute Gasteiger partial charge is 0.321 e. The Bertz CT molecular complexity index is 1190. The van der Waals surface area contributed by atoms with Crippen LogP contribution in [0.25, 0.3) is 0 Å². The summed E-state index contributed by atoms with van der Waals surface area (Å²) in [5.74, 6) is -0.416. The number of benzene rings is 2. The number of anilines is 3. The number of hydrogen-bond donors (Lipinski definition) is 2. The second kappa shape index (κ2) is 9.00. The van der Waals surface area contributed by atoms with Crippen molar-refractivity contribution in [1.29, 1.82) is 0 Å². The molecular weight excluding hydrogens is 446 g/mol. The van der Waals surface area contributed by atoms with Gasteiger partial charge in [-0.3, -0.25) is 4.79 Å². The molecule has 0 radical (unpaired) electrons. The Labute approximate surface area is 193 Å². The monoisotopic (exact) mass is 473 g/mol. The Balaban J connectivity index is 1.68. The van der Waals surface area contributed by atoms with E-state index in [0.717, 1.165) is 9.87 Å². The summed E-state index contributed by atoms with van der Waals surface area (Å²) in [5.41, 5.74) is 3.04. The molecule has 2 N–H and O–H groups in total. The zero-order chi connectivity index (χ0) is 23.8. The largest absolute Gasteiger partial charge is 0.378 e. The molecule has 1 saturated heterocycles. The van der Waals surface area contributed by atoms with Gasteiger partial charge in [-0.05, 0) is 42.0 Å². The summed E-state index contributed by atoms with van der Waals surface area (Å²) in [4.78, 5) is 28.8. The van der Waals surface area contributed by atoms with Crippen LogP contribution in [0.5, 0.6) is 0 Å². The van der Waals surface area contributed by atoms with E-state index in [9.17, 15) is 18.0 Å². The minimum atomic E-state index is -3.71. The van der Waals surface area contributed by atoms with Crippen molar-refractivity contribution in [1.82, 2.24) is 9.21 Å². The van der Waals surface area contributed by atoms with Crippen LogP contribution in [0.2, 0.25) is 0 Å². The van der Waals surface area contributed by atoms with E-state index in [1.54, 1.807) is 36.2 Å². The molecule has 0 atom stereocenters. The normalized spacial score (nSPS) is 16.4. The van der Waals surface area contributed by atoms with Gasteiger partial charge in [0.25, 0.3) is 5.91 Å². The highest BCUT2D eigenvalue weighted by Crippen LogP contribution is 2.29. The molecule has 11 heteroatoms. The molecule has 2 heterocycles. The molecule has 0 aromatic heterocycles. The van der Waals surface area contributed by atoms with Crippen molar-refractivity contribution in [3.05, 3.63) is 47.5 Å². The Morgan fingerprint density at radius 2 is 1.85 bits per heavy atom. The molecule has 1 fully saturated rings. The van der Waals surface area contributed by atoms with Crippen LogP contribution in [0.15, 0.2) is 41.3 Å². The number of urea groups is 1. The Kier molecular flexibility index (Phi) is 6.28. The number of rotatable bonds is 5. The number of ether oxygens (including phenoxy) is 1. The maximum atomic E-state index is 13.4. The molecular formula is C22H27N5O5S. The Hall–Kier alpha value is -3.15. The van der Waals surface area contributed by atoms with Gasteiger partial charge in [-0.2, -0.15) is 0 Å². The van der Waals surface area contributed by atoms with Gasteiger partial charge in [0.2, 0.25) is 10.0 Å². The van der Waals surface area contributed by atoms with E-state index in [1.165, 1.54) is 26.2 Å². The molecule has 2 aliphatic heterocycles. The quantitative estimate of drug-likeness (QED) is 0.687. The summed E-state index contributed by atoms with van der Waals surface area (Å²) in [7, 11) is 0.882. The lowest BCUT2D eigenvalue weighted by atomic mass is 10.1. The van der Waals surface area contributed by atoms with E-state index in [1.807, 2.05) is 4.90 Å². The number of morpholine rings is 1. The fourth-order valence-corrected chi connectivity index (χ4v) is 4.74. The molecule has 0 saturated carbocycles. The highest BCUT2D eigenvalue weighted by atomic mass is 32.2. The van der Waals surface area contributed by atoms with E-state index in [2.05, 4.69) is 10.6 Å². The minimum Gasteiger partial charge on any atom is -0.378 e. The highest BCUT2D eigenvalue weighted by molar-refractivity contribution is 7.89. The zero-order valence-corrected chi connectivity index (χ0v) is 19.6. The molecule has 0 bridgehead atoms. The van der Waals surface area contributed by atoms with Crippen LogP contribution in [0.1, 0.15) is 15.9 Å². The number of hydrogen-bond acceptors (Lipinski definition) is 6. The number of amides is 3. The molecule has 0 unspecified atom stereocenters. The van der Waals surface area contributed by atoms with Gasteiger partial charge in [0, 0.05) is 57.8 Å². The molecule has 33 heavy (non-hydrogen) atoms. The van der Waals surface area contributed by atoms with Crippen LogP contribution in [-0.2, 0) is 21.3 Å². The number of nitrogens with zero attached hydrogens (tertiary/aromatic N) is 3. The van der Waals surface area contributed by atoms with E-state index < -0.39 is 15.9 Å². The molecule has 0 aliphatic carbocycles. The summed E-state index contributed by atoms with van der Waals surface area (Å²) < 4.78 is 31.9. The summed E-state index contributed by atoms with van der Waals surface area (Å²) in [6, 6.07) is 9.68. The first kappa shape index (κ1) is 23.0. The minimum absolute atomic E-state index is 0.0458. The van der Waals surface area contributed by atoms with Gasteiger partial charge in [-0.25, -0.2) is 17.5 Å². The first-order valence-corrected chi connectivity index (χ1v) is 12.0. The van der Waals surface area contributed by atoms with Gasteiger partial charge >= 0.3 is 6.03 Å². The van der Waals surface area contributed by atoms with Crippen LogP contribution >= 0.6 is 0 Å². The van der Waals surface area contributed by atoms with Crippen LogP contribution in [0.3, 0.4) is 0 Å². The van der Waals surface area contributed by atoms with E-state index >= 15 is 0 Å². The van der Waals surface area contributed by atoms with Gasteiger partial charge in [-0.1, -0.05) is 0 Å². The van der Waals surface area contributed by atoms with Crippen LogP contribution in [0.4, 0.5) is 21.9 Å². The van der Waals surface area contributed by atoms with Crippen molar-refractivity contribution in [2.24, 2.45) is 0 Å². The second-order valence-electron chi connectivity index (χ2n) is 8.18. The SMILES string of the molecule is CN1Cc2cc(NC(=O)c3cc(S(=O)(=O)N(C)C)ccc3N3CCOCC3)ccc2NC1=O. The third kappa shape index (κ3) is 4.65. The van der Waals surface area contributed by atoms with Crippen molar-refractivity contribution in [3.63, 3.8) is 0 Å². The lowest BCUT2D eigenvalue weighted by Gasteiger charge is -2.30. The van der Waals surface area contributed by atoms with E-state index in [-0.39, 0.29) is 16.5 Å². The molecule has 0 spiro atoms. The van der Waals surface area contributed by atoms with Crippen molar-refractivity contribution in [2.75, 3.05) is 63.0 Å². The van der Waals surface area contributed by atoms with Crippen molar-refractivity contribution < 1.29 is 22.7 Å². The Morgan fingerprint density at radius 1 is 1.12 bits per heavy atom. The lowest BCUT2D eigenvalue weighted by molar-refractivity contribution is 0.102. The maximum absolute atomic E-state index is 13.4. The van der Waals surface area contributed by atoms with Gasteiger partial charge in [0.05, 0.1) is 23.7 Å². The van der Waals surface area contributed by atoms with Crippen LogP contribution in [0, 0.1) is 0 Å². The van der Waals surface area contributed by atoms with Crippen molar-refractivity contribution in [3.8, 4) is 0 Å². The van der Waals surface area contributed by atoms with Crippen LogP contribution in [-0.4, -0.2) is 77.0 Å². The lowest BCUT2D eigenvalue weighted by Crippen LogP contribution is -2.37. The number of carbonyl (C=O) groups is 2. The van der Waals surface area contributed by atoms with Gasteiger partial charge in [0.15, 0.2) is 0 Å². The Morgan fingerprint density at radius 3 is 2.55 bits per heavy atom. The van der Waals surface area contributed by atoms with Crippen molar-refractivity contribution >= 4 is 39.0 Å². The first-order valence-electron chi connectivity index (χ1n) is 10.5. The number of nitrogens with one attached hydrogen (secondary N) is 2. The summed E-state index contributed by atoms with van der Waals surface area (Å²) in [6.45, 7) is 2.68. The third-order valence-corrected chi connectivity index (χ3v) is 7.51. The van der Waals surface area contributed by atoms with Crippen molar-refractivity contribution in [2.45, 2.75) is 11.4 Å². The average molecular weight is 474 g/mol. The second-order valence-corrected chi connectivity index (χ2v) is 10.3. The summed E-state index contributed by atoms with van der Waals surface area (Å²) >= 11 is 0.